The van der Waals surface area contributed by atoms with Gasteiger partial charge < -0.3 is 19.4 Å². The molecule has 2 fully saturated rings. The minimum absolute atomic E-state index is 0.00803. The third-order valence-corrected chi connectivity index (χ3v) is 11.1. The molecule has 0 aliphatic carbocycles. The lowest BCUT2D eigenvalue weighted by Gasteiger charge is -2.32. The van der Waals surface area contributed by atoms with Crippen LogP contribution in [0.4, 0.5) is 0 Å². The molecule has 0 bridgehead atoms. The topological polar surface area (TPSA) is 65.5 Å². The molecule has 0 spiro atoms. The summed E-state index contributed by atoms with van der Waals surface area (Å²) < 4.78 is 6.43. The van der Waals surface area contributed by atoms with E-state index in [0.717, 1.165) is 41.3 Å². The number of aliphatic imine (C=N–C) groups is 1. The van der Waals surface area contributed by atoms with E-state index in [1.807, 2.05) is 58.3 Å². The number of hydrogen-bond donors (Lipinski definition) is 0. The summed E-state index contributed by atoms with van der Waals surface area (Å²) >= 11 is 14.0. The summed E-state index contributed by atoms with van der Waals surface area (Å²) in [6.07, 6.45) is 3.55. The van der Waals surface area contributed by atoms with E-state index in [0.29, 0.717) is 46.9 Å². The fourth-order valence-corrected chi connectivity index (χ4v) is 9.11. The third kappa shape index (κ3) is 6.99. The first-order valence-corrected chi connectivity index (χ1v) is 18.5. The molecule has 0 saturated carbocycles. The standard InChI is InChI=1S/C37H46Cl2N4O3S/c1-7-9-25-20-41(21-29(25)46-37(4,5)6)34(44)28-10-8-19-42(28)35(45)33-31(22(2)3)43-32(24-13-17-27(39)18-14-24)30(40-36(43)47-33)23-11-15-26(38)16-12-23/h11-18,22,25,28-30,32H,7-10,19-21H2,1-6H3/t25?,28?,29?,30-,32+/m0/s1. The molecule has 0 radical (unpaired) electrons. The van der Waals surface area contributed by atoms with Gasteiger partial charge in [0.1, 0.15) is 17.0 Å². The highest BCUT2D eigenvalue weighted by Crippen LogP contribution is 2.54. The number of thioether (sulfide) groups is 1. The number of allylic oxidation sites excluding steroid dienone is 1. The molecule has 47 heavy (non-hydrogen) atoms. The number of carbonyl (C=O) groups is 2. The van der Waals surface area contributed by atoms with Crippen molar-refractivity contribution in [2.75, 3.05) is 19.6 Å². The number of amides is 2. The lowest BCUT2D eigenvalue weighted by Crippen LogP contribution is -2.48. The maximum atomic E-state index is 14.6. The summed E-state index contributed by atoms with van der Waals surface area (Å²) in [5.41, 5.74) is 2.80. The summed E-state index contributed by atoms with van der Waals surface area (Å²) in [6, 6.07) is 14.9. The van der Waals surface area contributed by atoms with Gasteiger partial charge in [-0.25, -0.2) is 0 Å². The molecule has 0 N–H and O–H groups in total. The van der Waals surface area contributed by atoms with Gasteiger partial charge in [-0.1, -0.05) is 74.7 Å². The molecule has 4 aliphatic heterocycles. The van der Waals surface area contributed by atoms with Crippen molar-refractivity contribution in [3.05, 3.63) is 80.3 Å². The number of likely N-dealkylation sites (tertiary alicyclic amines) is 2. The number of benzene rings is 2. The number of fused-ring (bicyclic) bond motifs is 1. The monoisotopic (exact) mass is 696 g/mol. The number of amidine groups is 1. The SMILES string of the molecule is CCCC1CN(C(=O)C2CCCN2C(=O)C2=C(C(C)C)N3C(=N[C@@H](c4ccc(Cl)cc4)[C@H]3c3ccc(Cl)cc3)S2)CC1OC(C)(C)C. The van der Waals surface area contributed by atoms with Crippen LogP contribution in [0, 0.1) is 11.8 Å². The Bertz CT molecular complexity index is 1550. The largest absolute Gasteiger partial charge is 0.370 e. The van der Waals surface area contributed by atoms with Gasteiger partial charge in [-0.2, -0.15) is 0 Å². The number of rotatable bonds is 8. The first kappa shape index (κ1) is 34.3. The van der Waals surface area contributed by atoms with Crippen LogP contribution in [0.25, 0.3) is 0 Å². The van der Waals surface area contributed by atoms with E-state index >= 15 is 0 Å². The second-order valence-electron chi connectivity index (χ2n) is 14.5. The molecular formula is C37H46Cl2N4O3S. The van der Waals surface area contributed by atoms with E-state index in [4.69, 9.17) is 32.9 Å². The average Bonchev–Trinajstić information content (AvgIpc) is 3.80. The lowest BCUT2D eigenvalue weighted by atomic mass is 9.92. The van der Waals surface area contributed by atoms with Crippen LogP contribution in [0.1, 0.15) is 90.4 Å². The Morgan fingerprint density at radius 1 is 1.00 bits per heavy atom. The Morgan fingerprint density at radius 2 is 1.64 bits per heavy atom. The molecule has 2 aromatic carbocycles. The van der Waals surface area contributed by atoms with Gasteiger partial charge in [-0.05, 0) is 93.1 Å². The van der Waals surface area contributed by atoms with Gasteiger partial charge in [-0.15, -0.1) is 0 Å². The maximum absolute atomic E-state index is 14.6. The average molecular weight is 698 g/mol. The van der Waals surface area contributed by atoms with Crippen molar-refractivity contribution < 1.29 is 14.3 Å². The summed E-state index contributed by atoms with van der Waals surface area (Å²) in [5, 5.41) is 2.15. The molecule has 0 aromatic heterocycles. The molecule has 7 nitrogen and oxygen atoms in total. The number of hydrogen-bond acceptors (Lipinski definition) is 6. The highest BCUT2D eigenvalue weighted by molar-refractivity contribution is 8.18. The summed E-state index contributed by atoms with van der Waals surface area (Å²) in [7, 11) is 0. The van der Waals surface area contributed by atoms with E-state index < -0.39 is 6.04 Å². The quantitative estimate of drug-likeness (QED) is 0.277. The molecule has 2 amide bonds. The number of nitrogens with zero attached hydrogens (tertiary/aromatic N) is 4. The number of halogens is 2. The Labute approximate surface area is 293 Å². The Hall–Kier alpha value is -2.52. The van der Waals surface area contributed by atoms with Crippen molar-refractivity contribution in [1.29, 1.82) is 0 Å². The van der Waals surface area contributed by atoms with E-state index in [1.54, 1.807) is 0 Å². The predicted molar refractivity (Wildman–Crippen MR) is 191 cm³/mol. The minimum Gasteiger partial charge on any atom is -0.370 e. The van der Waals surface area contributed by atoms with Gasteiger partial charge in [-0.3, -0.25) is 14.6 Å². The van der Waals surface area contributed by atoms with Crippen LogP contribution >= 0.6 is 35.0 Å². The third-order valence-electron chi connectivity index (χ3n) is 9.54. The Balaban J connectivity index is 1.29. The minimum atomic E-state index is -0.467. The van der Waals surface area contributed by atoms with Crippen molar-refractivity contribution in [2.24, 2.45) is 16.8 Å². The van der Waals surface area contributed by atoms with Crippen molar-refractivity contribution >= 4 is 51.9 Å². The van der Waals surface area contributed by atoms with Crippen molar-refractivity contribution in [2.45, 2.75) is 97.1 Å². The highest BCUT2D eigenvalue weighted by Gasteiger charge is 2.50. The van der Waals surface area contributed by atoms with Crippen molar-refractivity contribution in [3.8, 4) is 0 Å². The maximum Gasteiger partial charge on any atom is 0.263 e. The predicted octanol–water partition coefficient (Wildman–Crippen LogP) is 8.50. The number of ether oxygens (including phenoxy) is 1. The highest BCUT2D eigenvalue weighted by atomic mass is 35.5. The molecule has 252 valence electrons. The van der Waals surface area contributed by atoms with Gasteiger partial charge in [0.05, 0.1) is 17.7 Å². The van der Waals surface area contributed by atoms with Crippen LogP contribution in [0.5, 0.6) is 0 Å². The zero-order chi connectivity index (χ0) is 33.6. The van der Waals surface area contributed by atoms with E-state index in [-0.39, 0.29) is 41.5 Å². The fourth-order valence-electron chi connectivity index (χ4n) is 7.56. The zero-order valence-electron chi connectivity index (χ0n) is 28.2. The number of carbonyl (C=O) groups excluding carboxylic acids is 2. The first-order chi connectivity index (χ1) is 22.4. The van der Waals surface area contributed by atoms with Crippen LogP contribution in [0.3, 0.4) is 0 Å². The molecule has 10 heteroatoms. The summed E-state index contributed by atoms with van der Waals surface area (Å²) in [4.78, 5) is 40.6. The van der Waals surface area contributed by atoms with Crippen LogP contribution < -0.4 is 0 Å². The van der Waals surface area contributed by atoms with Crippen molar-refractivity contribution in [3.63, 3.8) is 0 Å². The Kier molecular flexibility index (Phi) is 10.1. The van der Waals surface area contributed by atoms with E-state index in [2.05, 4.69) is 46.4 Å². The summed E-state index contributed by atoms with van der Waals surface area (Å²) in [5.74, 6) is 0.328. The molecule has 3 unspecified atom stereocenters. The summed E-state index contributed by atoms with van der Waals surface area (Å²) in [6.45, 7) is 14.5. The lowest BCUT2D eigenvalue weighted by molar-refractivity contribution is -0.141. The van der Waals surface area contributed by atoms with E-state index in [1.165, 1.54) is 11.8 Å². The molecule has 2 aromatic rings. The smallest absolute Gasteiger partial charge is 0.263 e. The molecule has 2 saturated heterocycles. The van der Waals surface area contributed by atoms with Gasteiger partial charge >= 0.3 is 0 Å². The van der Waals surface area contributed by atoms with E-state index in [9.17, 15) is 9.59 Å². The second kappa shape index (κ2) is 13.8. The van der Waals surface area contributed by atoms with Gasteiger partial charge in [0.15, 0.2) is 5.17 Å². The molecular weight excluding hydrogens is 651 g/mol. The van der Waals surface area contributed by atoms with Gasteiger partial charge in [0.2, 0.25) is 5.91 Å². The first-order valence-electron chi connectivity index (χ1n) is 16.9. The molecule has 6 rings (SSSR count). The van der Waals surface area contributed by atoms with Crippen LogP contribution in [-0.2, 0) is 14.3 Å². The van der Waals surface area contributed by atoms with Crippen LogP contribution in [0.15, 0.2) is 64.1 Å². The fraction of sp³-hybridized carbons (Fsp3) is 0.541. The Morgan fingerprint density at radius 3 is 2.23 bits per heavy atom. The van der Waals surface area contributed by atoms with Gasteiger partial charge in [0.25, 0.3) is 5.91 Å². The second-order valence-corrected chi connectivity index (χ2v) is 16.3. The van der Waals surface area contributed by atoms with Crippen LogP contribution in [0.2, 0.25) is 10.0 Å². The normalized spacial score (nSPS) is 26.1. The van der Waals surface area contributed by atoms with Crippen LogP contribution in [-0.4, -0.2) is 69.1 Å². The van der Waals surface area contributed by atoms with Crippen molar-refractivity contribution in [1.82, 2.24) is 14.7 Å². The molecule has 4 aliphatic rings. The molecule has 4 heterocycles. The molecule has 5 atom stereocenters. The van der Waals surface area contributed by atoms with Gasteiger partial charge in [0, 0.05) is 41.3 Å². The zero-order valence-corrected chi connectivity index (χ0v) is 30.5.